The van der Waals surface area contributed by atoms with Crippen LogP contribution in [0.1, 0.15) is 16.6 Å². The SMILES string of the molecule is CC1(C(=O)c2sccc2Cl)COCC1N. The van der Waals surface area contributed by atoms with Crippen molar-refractivity contribution in [3.63, 3.8) is 0 Å². The van der Waals surface area contributed by atoms with Crippen LogP contribution in [-0.4, -0.2) is 25.0 Å². The number of carbonyl (C=O) groups is 1. The standard InChI is InChI=1S/C10H12ClNO2S/c1-10(5-14-4-7(10)12)9(13)8-6(11)2-3-15-8/h2-3,7H,4-5,12H2,1H3. The number of carbonyl (C=O) groups excluding carboxylic acids is 1. The topological polar surface area (TPSA) is 52.3 Å². The molecule has 0 amide bonds. The molecule has 5 heteroatoms. The highest BCUT2D eigenvalue weighted by Crippen LogP contribution is 2.35. The van der Waals surface area contributed by atoms with Gasteiger partial charge in [0, 0.05) is 6.04 Å². The van der Waals surface area contributed by atoms with Gasteiger partial charge < -0.3 is 10.5 Å². The van der Waals surface area contributed by atoms with E-state index < -0.39 is 5.41 Å². The lowest BCUT2D eigenvalue weighted by molar-refractivity contribution is 0.0772. The number of halogens is 1. The summed E-state index contributed by atoms with van der Waals surface area (Å²) in [5.74, 6) is -0.00694. The second-order valence-corrected chi connectivity index (χ2v) is 5.29. The van der Waals surface area contributed by atoms with Gasteiger partial charge in [-0.1, -0.05) is 11.6 Å². The zero-order valence-electron chi connectivity index (χ0n) is 8.33. The Balaban J connectivity index is 2.32. The summed E-state index contributed by atoms with van der Waals surface area (Å²) in [6, 6.07) is 1.48. The van der Waals surface area contributed by atoms with Crippen molar-refractivity contribution in [2.75, 3.05) is 13.2 Å². The van der Waals surface area contributed by atoms with Crippen LogP contribution in [0, 0.1) is 5.41 Å². The van der Waals surface area contributed by atoms with Crippen LogP contribution in [0.3, 0.4) is 0 Å². The lowest BCUT2D eigenvalue weighted by Gasteiger charge is -2.24. The van der Waals surface area contributed by atoms with Crippen LogP contribution in [0.5, 0.6) is 0 Å². The lowest BCUT2D eigenvalue weighted by Crippen LogP contribution is -2.44. The van der Waals surface area contributed by atoms with Crippen LogP contribution in [0.4, 0.5) is 0 Å². The molecule has 1 saturated heterocycles. The summed E-state index contributed by atoms with van der Waals surface area (Å²) >= 11 is 7.28. The highest BCUT2D eigenvalue weighted by Gasteiger charge is 2.45. The maximum absolute atomic E-state index is 12.2. The van der Waals surface area contributed by atoms with Gasteiger partial charge in [0.05, 0.1) is 28.5 Å². The fraction of sp³-hybridized carbons (Fsp3) is 0.500. The summed E-state index contributed by atoms with van der Waals surface area (Å²) < 4.78 is 5.25. The monoisotopic (exact) mass is 245 g/mol. The molecule has 2 heterocycles. The highest BCUT2D eigenvalue weighted by molar-refractivity contribution is 7.12. The van der Waals surface area contributed by atoms with E-state index in [4.69, 9.17) is 22.1 Å². The maximum Gasteiger partial charge on any atom is 0.184 e. The molecule has 1 aliphatic heterocycles. The first-order valence-electron chi connectivity index (χ1n) is 4.67. The van der Waals surface area contributed by atoms with Gasteiger partial charge in [0.2, 0.25) is 0 Å². The molecule has 15 heavy (non-hydrogen) atoms. The van der Waals surface area contributed by atoms with Gasteiger partial charge in [-0.3, -0.25) is 4.79 Å². The Hall–Kier alpha value is -0.420. The van der Waals surface area contributed by atoms with Crippen LogP contribution in [-0.2, 0) is 4.74 Å². The minimum absolute atomic E-state index is 0.00694. The fourth-order valence-corrected chi connectivity index (χ4v) is 2.86. The molecule has 0 spiro atoms. The summed E-state index contributed by atoms with van der Waals surface area (Å²) in [5, 5.41) is 2.31. The predicted molar refractivity (Wildman–Crippen MR) is 60.6 cm³/mol. The van der Waals surface area contributed by atoms with E-state index in [-0.39, 0.29) is 11.8 Å². The Bertz CT molecular complexity index is 393. The molecule has 3 nitrogen and oxygen atoms in total. The Kier molecular flexibility index (Phi) is 2.85. The third-order valence-corrected chi connectivity index (χ3v) is 4.20. The average molecular weight is 246 g/mol. The van der Waals surface area contributed by atoms with E-state index in [0.29, 0.717) is 23.1 Å². The van der Waals surface area contributed by atoms with E-state index in [9.17, 15) is 4.79 Å². The van der Waals surface area contributed by atoms with Crippen molar-refractivity contribution in [1.82, 2.24) is 0 Å². The maximum atomic E-state index is 12.2. The van der Waals surface area contributed by atoms with Gasteiger partial charge in [-0.05, 0) is 18.4 Å². The Morgan fingerprint density at radius 2 is 2.53 bits per heavy atom. The number of nitrogens with two attached hydrogens (primary N) is 1. The van der Waals surface area contributed by atoms with Crippen molar-refractivity contribution >= 4 is 28.7 Å². The lowest BCUT2D eigenvalue weighted by atomic mass is 9.81. The van der Waals surface area contributed by atoms with E-state index >= 15 is 0 Å². The van der Waals surface area contributed by atoms with Crippen LogP contribution in [0.2, 0.25) is 5.02 Å². The third-order valence-electron chi connectivity index (χ3n) is 2.86. The molecule has 1 fully saturated rings. The summed E-state index contributed by atoms with van der Waals surface area (Å²) in [7, 11) is 0. The molecule has 1 aromatic heterocycles. The summed E-state index contributed by atoms with van der Waals surface area (Å²) in [5.41, 5.74) is 5.26. The Morgan fingerprint density at radius 3 is 3.00 bits per heavy atom. The van der Waals surface area contributed by atoms with Crippen molar-refractivity contribution in [2.45, 2.75) is 13.0 Å². The molecular formula is C10H12ClNO2S. The smallest absolute Gasteiger partial charge is 0.184 e. The summed E-state index contributed by atoms with van der Waals surface area (Å²) in [6.45, 7) is 2.65. The van der Waals surface area contributed by atoms with Crippen molar-refractivity contribution in [1.29, 1.82) is 0 Å². The normalized spacial score (nSPS) is 30.7. The molecule has 2 atom stereocenters. The molecule has 2 rings (SSSR count). The average Bonchev–Trinajstić information content (AvgIpc) is 2.75. The highest BCUT2D eigenvalue weighted by atomic mass is 35.5. The number of ketones is 1. The number of hydrogen-bond acceptors (Lipinski definition) is 4. The zero-order valence-corrected chi connectivity index (χ0v) is 9.90. The molecule has 0 saturated carbocycles. The van der Waals surface area contributed by atoms with Gasteiger partial charge in [0.25, 0.3) is 0 Å². The Labute approximate surface area is 97.2 Å². The first-order chi connectivity index (χ1) is 7.05. The minimum Gasteiger partial charge on any atom is -0.379 e. The van der Waals surface area contributed by atoms with Crippen molar-refractivity contribution in [2.24, 2.45) is 11.1 Å². The van der Waals surface area contributed by atoms with E-state index in [0.717, 1.165) is 0 Å². The molecule has 1 aromatic rings. The van der Waals surface area contributed by atoms with Gasteiger partial charge in [0.1, 0.15) is 0 Å². The number of rotatable bonds is 2. The van der Waals surface area contributed by atoms with Crippen LogP contribution >= 0.6 is 22.9 Å². The Morgan fingerprint density at radius 1 is 1.80 bits per heavy atom. The van der Waals surface area contributed by atoms with Crippen molar-refractivity contribution in [3.8, 4) is 0 Å². The molecule has 0 radical (unpaired) electrons. The van der Waals surface area contributed by atoms with Crippen molar-refractivity contribution < 1.29 is 9.53 Å². The number of Topliss-reactive ketones (excluding diaryl/α,β-unsaturated/α-hetero) is 1. The second-order valence-electron chi connectivity index (χ2n) is 3.97. The fourth-order valence-electron chi connectivity index (χ4n) is 1.64. The van der Waals surface area contributed by atoms with Crippen molar-refractivity contribution in [3.05, 3.63) is 21.3 Å². The van der Waals surface area contributed by atoms with E-state index in [1.54, 1.807) is 11.4 Å². The summed E-state index contributed by atoms with van der Waals surface area (Å²) in [4.78, 5) is 12.8. The van der Waals surface area contributed by atoms with Gasteiger partial charge in [-0.2, -0.15) is 0 Å². The largest absolute Gasteiger partial charge is 0.379 e. The van der Waals surface area contributed by atoms with E-state index in [1.807, 2.05) is 6.92 Å². The van der Waals surface area contributed by atoms with Crippen LogP contribution < -0.4 is 5.73 Å². The van der Waals surface area contributed by atoms with E-state index in [1.165, 1.54) is 11.3 Å². The quantitative estimate of drug-likeness (QED) is 0.811. The second kappa shape index (κ2) is 3.87. The zero-order chi connectivity index (χ0) is 11.1. The number of hydrogen-bond donors (Lipinski definition) is 1. The van der Waals surface area contributed by atoms with Gasteiger partial charge >= 0.3 is 0 Å². The molecule has 82 valence electrons. The van der Waals surface area contributed by atoms with Crippen LogP contribution in [0.25, 0.3) is 0 Å². The molecular weight excluding hydrogens is 234 g/mol. The molecule has 2 unspecified atom stereocenters. The van der Waals surface area contributed by atoms with Gasteiger partial charge in [0.15, 0.2) is 5.78 Å². The number of thiophene rings is 1. The summed E-state index contributed by atoms with van der Waals surface area (Å²) in [6.07, 6.45) is 0. The first-order valence-corrected chi connectivity index (χ1v) is 5.92. The van der Waals surface area contributed by atoms with Gasteiger partial charge in [-0.15, -0.1) is 11.3 Å². The third kappa shape index (κ3) is 1.72. The molecule has 2 N–H and O–H groups in total. The minimum atomic E-state index is -0.630. The van der Waals surface area contributed by atoms with Gasteiger partial charge in [-0.25, -0.2) is 0 Å². The van der Waals surface area contributed by atoms with Crippen LogP contribution in [0.15, 0.2) is 11.4 Å². The molecule has 1 aliphatic rings. The molecule has 0 aromatic carbocycles. The molecule has 0 aliphatic carbocycles. The van der Waals surface area contributed by atoms with E-state index in [2.05, 4.69) is 0 Å². The molecule has 0 bridgehead atoms. The first kappa shape index (κ1) is 11.1. The number of ether oxygens (including phenoxy) is 1. The predicted octanol–water partition coefficient (Wildman–Crippen LogP) is 1.95.